The maximum atomic E-state index is 13.8. The molecule has 4 nitrogen and oxygen atoms in total. The molecule has 0 saturated carbocycles. The maximum Gasteiger partial charge on any atom is 0.273 e. The van der Waals surface area contributed by atoms with Gasteiger partial charge in [0.15, 0.2) is 0 Å². The van der Waals surface area contributed by atoms with Crippen LogP contribution in [0.1, 0.15) is 24.3 Å². The molecule has 1 fully saturated rings. The van der Waals surface area contributed by atoms with Crippen molar-refractivity contribution in [1.29, 1.82) is 0 Å². The van der Waals surface area contributed by atoms with E-state index < -0.39 is 11.6 Å². The molecule has 1 aliphatic heterocycles. The van der Waals surface area contributed by atoms with Crippen LogP contribution < -0.4 is 0 Å². The fourth-order valence-electron chi connectivity index (χ4n) is 2.69. The van der Waals surface area contributed by atoms with Gasteiger partial charge in [-0.25, -0.2) is 13.8 Å². The Morgan fingerprint density at radius 1 is 1.26 bits per heavy atom. The summed E-state index contributed by atoms with van der Waals surface area (Å²) in [6.07, 6.45) is -0.102. The van der Waals surface area contributed by atoms with Gasteiger partial charge < -0.3 is 9.64 Å². The summed E-state index contributed by atoms with van der Waals surface area (Å²) < 4.78 is 33.2. The van der Waals surface area contributed by atoms with E-state index in [1.807, 2.05) is 13.8 Å². The number of carbonyl (C=O) groups is 1. The van der Waals surface area contributed by atoms with E-state index in [0.29, 0.717) is 13.1 Å². The first-order valence-electron chi connectivity index (χ1n) is 7.30. The SMILES string of the molecule is C[C@@H]1CN(C(=O)c2csc(-c3c(F)cccc3F)n2)C[C@@H](C)O1. The lowest BCUT2D eigenvalue weighted by atomic mass is 10.2. The van der Waals surface area contributed by atoms with Crippen LogP contribution in [-0.4, -0.2) is 41.1 Å². The minimum absolute atomic E-state index is 0.0511. The zero-order valence-corrected chi connectivity index (χ0v) is 13.6. The van der Waals surface area contributed by atoms with Gasteiger partial charge in [-0.2, -0.15) is 0 Å². The Kier molecular flexibility index (Phi) is 4.41. The summed E-state index contributed by atoms with van der Waals surface area (Å²) in [6, 6.07) is 3.64. The van der Waals surface area contributed by atoms with Gasteiger partial charge in [0.1, 0.15) is 22.3 Å². The number of hydrogen-bond donors (Lipinski definition) is 0. The molecule has 1 amide bonds. The predicted molar refractivity (Wildman–Crippen MR) is 83.4 cm³/mol. The monoisotopic (exact) mass is 338 g/mol. The van der Waals surface area contributed by atoms with E-state index in [4.69, 9.17) is 4.74 Å². The van der Waals surface area contributed by atoms with Crippen LogP contribution in [-0.2, 0) is 4.74 Å². The summed E-state index contributed by atoms with van der Waals surface area (Å²) >= 11 is 1.06. The van der Waals surface area contributed by atoms with E-state index in [1.54, 1.807) is 4.90 Å². The highest BCUT2D eigenvalue weighted by Crippen LogP contribution is 2.29. The van der Waals surface area contributed by atoms with Crippen molar-refractivity contribution in [3.05, 3.63) is 40.9 Å². The van der Waals surface area contributed by atoms with Crippen molar-refractivity contribution in [2.75, 3.05) is 13.1 Å². The standard InChI is InChI=1S/C16H16F2N2O2S/c1-9-6-20(7-10(2)22-9)16(21)13-8-23-15(19-13)14-11(17)4-3-5-12(14)18/h3-5,8-10H,6-7H2,1-2H3/t9-,10-/m1/s1. The summed E-state index contributed by atoms with van der Waals surface area (Å²) in [5.41, 5.74) is 0.00853. The number of hydrogen-bond acceptors (Lipinski definition) is 4. The van der Waals surface area contributed by atoms with Gasteiger partial charge >= 0.3 is 0 Å². The number of rotatable bonds is 2. The molecule has 1 aromatic heterocycles. The number of carbonyl (C=O) groups excluding carboxylic acids is 1. The first-order valence-corrected chi connectivity index (χ1v) is 8.18. The largest absolute Gasteiger partial charge is 0.372 e. The molecule has 2 heterocycles. The quantitative estimate of drug-likeness (QED) is 0.843. The summed E-state index contributed by atoms with van der Waals surface area (Å²) in [6.45, 7) is 4.75. The molecule has 1 aliphatic rings. The van der Waals surface area contributed by atoms with Crippen molar-refractivity contribution < 1.29 is 18.3 Å². The number of amides is 1. The molecule has 0 radical (unpaired) electrons. The lowest BCUT2D eigenvalue weighted by molar-refractivity contribution is -0.0587. The van der Waals surface area contributed by atoms with Crippen molar-refractivity contribution in [3.63, 3.8) is 0 Å². The van der Waals surface area contributed by atoms with Gasteiger partial charge in [0, 0.05) is 18.5 Å². The van der Waals surface area contributed by atoms with E-state index in [0.717, 1.165) is 11.3 Å². The molecule has 0 spiro atoms. The molecule has 0 aliphatic carbocycles. The minimum Gasteiger partial charge on any atom is -0.372 e. The van der Waals surface area contributed by atoms with E-state index in [9.17, 15) is 13.6 Å². The van der Waals surface area contributed by atoms with E-state index in [2.05, 4.69) is 4.98 Å². The van der Waals surface area contributed by atoms with Gasteiger partial charge in [-0.3, -0.25) is 4.79 Å². The smallest absolute Gasteiger partial charge is 0.273 e. The van der Waals surface area contributed by atoms with Crippen LogP contribution in [0.4, 0.5) is 8.78 Å². The average Bonchev–Trinajstić information content (AvgIpc) is 2.94. The molecule has 122 valence electrons. The van der Waals surface area contributed by atoms with Crippen molar-refractivity contribution in [1.82, 2.24) is 9.88 Å². The highest BCUT2D eigenvalue weighted by atomic mass is 32.1. The first kappa shape index (κ1) is 16.0. The zero-order valence-electron chi connectivity index (χ0n) is 12.8. The first-order chi connectivity index (χ1) is 11.0. The normalized spacial score (nSPS) is 21.5. The second kappa shape index (κ2) is 6.33. The molecule has 7 heteroatoms. The highest BCUT2D eigenvalue weighted by Gasteiger charge is 2.28. The molecule has 3 rings (SSSR count). The second-order valence-electron chi connectivity index (χ2n) is 5.60. The molecule has 0 bridgehead atoms. The molecule has 23 heavy (non-hydrogen) atoms. The fourth-order valence-corrected chi connectivity index (χ4v) is 3.54. The highest BCUT2D eigenvalue weighted by molar-refractivity contribution is 7.13. The molecule has 1 saturated heterocycles. The summed E-state index contributed by atoms with van der Waals surface area (Å²) in [7, 11) is 0. The maximum absolute atomic E-state index is 13.8. The summed E-state index contributed by atoms with van der Waals surface area (Å²) in [5.74, 6) is -1.62. The Bertz CT molecular complexity index is 704. The van der Waals surface area contributed by atoms with Crippen LogP contribution in [0.2, 0.25) is 0 Å². The summed E-state index contributed by atoms with van der Waals surface area (Å²) in [5, 5.41) is 1.70. The molecule has 2 aromatic rings. The zero-order chi connectivity index (χ0) is 16.6. The van der Waals surface area contributed by atoms with Crippen LogP contribution in [0.25, 0.3) is 10.6 Å². The lowest BCUT2D eigenvalue weighted by Gasteiger charge is -2.34. The molecular weight excluding hydrogens is 322 g/mol. The van der Waals surface area contributed by atoms with Gasteiger partial charge in [-0.05, 0) is 26.0 Å². The molecule has 1 aromatic carbocycles. The van der Waals surface area contributed by atoms with Crippen LogP contribution in [0, 0.1) is 11.6 Å². The van der Waals surface area contributed by atoms with Gasteiger partial charge in [-0.1, -0.05) is 6.07 Å². The van der Waals surface area contributed by atoms with Gasteiger partial charge in [0.25, 0.3) is 5.91 Å². The lowest BCUT2D eigenvalue weighted by Crippen LogP contribution is -2.48. The number of nitrogens with zero attached hydrogens (tertiary/aromatic N) is 2. The van der Waals surface area contributed by atoms with E-state index in [-0.39, 0.29) is 34.4 Å². The Morgan fingerprint density at radius 3 is 2.48 bits per heavy atom. The molecule has 0 unspecified atom stereocenters. The number of ether oxygens (including phenoxy) is 1. The van der Waals surface area contributed by atoms with Crippen molar-refractivity contribution >= 4 is 17.2 Å². The number of halogens is 2. The Hall–Kier alpha value is -1.86. The topological polar surface area (TPSA) is 42.4 Å². The third-order valence-corrected chi connectivity index (χ3v) is 4.47. The average molecular weight is 338 g/mol. The number of aromatic nitrogens is 1. The number of benzene rings is 1. The second-order valence-corrected chi connectivity index (χ2v) is 6.46. The van der Waals surface area contributed by atoms with E-state index >= 15 is 0 Å². The number of thiazole rings is 1. The van der Waals surface area contributed by atoms with E-state index in [1.165, 1.54) is 23.6 Å². The predicted octanol–water partition coefficient (Wildman–Crippen LogP) is 3.34. The molecule has 0 N–H and O–H groups in total. The molecule has 2 atom stereocenters. The van der Waals surface area contributed by atoms with Crippen molar-refractivity contribution in [2.24, 2.45) is 0 Å². The molecular formula is C16H16F2N2O2S. The van der Waals surface area contributed by atoms with Crippen LogP contribution in [0.5, 0.6) is 0 Å². The fraction of sp³-hybridized carbons (Fsp3) is 0.375. The number of morpholine rings is 1. The van der Waals surface area contributed by atoms with Crippen molar-refractivity contribution in [3.8, 4) is 10.6 Å². The van der Waals surface area contributed by atoms with Crippen LogP contribution in [0.15, 0.2) is 23.6 Å². The van der Waals surface area contributed by atoms with Gasteiger partial charge in [0.2, 0.25) is 0 Å². The van der Waals surface area contributed by atoms with Gasteiger partial charge in [0.05, 0.1) is 17.8 Å². The third-order valence-electron chi connectivity index (χ3n) is 3.61. The minimum atomic E-state index is -0.688. The Morgan fingerprint density at radius 2 is 1.87 bits per heavy atom. The Labute approximate surface area is 136 Å². The van der Waals surface area contributed by atoms with Crippen LogP contribution >= 0.6 is 11.3 Å². The third kappa shape index (κ3) is 3.25. The van der Waals surface area contributed by atoms with Crippen LogP contribution in [0.3, 0.4) is 0 Å². The van der Waals surface area contributed by atoms with Crippen molar-refractivity contribution in [2.45, 2.75) is 26.1 Å². The summed E-state index contributed by atoms with van der Waals surface area (Å²) in [4.78, 5) is 18.3. The van der Waals surface area contributed by atoms with Gasteiger partial charge in [-0.15, -0.1) is 11.3 Å². The Balaban J connectivity index is 1.86.